The molecule has 11 heteroatoms. The number of amides is 1. The van der Waals surface area contributed by atoms with Crippen molar-refractivity contribution in [1.29, 1.82) is 0 Å². The minimum Gasteiger partial charge on any atom is -0.463 e. The largest absolute Gasteiger partial charge is 0.463 e. The van der Waals surface area contributed by atoms with Gasteiger partial charge < -0.3 is 29.0 Å². The fourth-order valence-corrected chi connectivity index (χ4v) is 4.11. The molecule has 1 fully saturated rings. The molecule has 3 rings (SSSR count). The standard InChI is InChI=1S/C29H31NO10/c1-17(31)30-26-28(38-20(4)34)27(37-19(3)33)25(16-36-18(2)32)40-29(26)39-24-13-9-8-12-22(24)14-15-23(35)21-10-6-5-7-11-21/h5-15,25-29H,16H2,1-4H3,(H,30,31)/b15-14+/t25-,26-,27-,28-,29-/m1/s1. The lowest BCUT2D eigenvalue weighted by molar-refractivity contribution is -0.257. The first-order valence-corrected chi connectivity index (χ1v) is 12.5. The average Bonchev–Trinajstić information content (AvgIpc) is 2.90. The van der Waals surface area contributed by atoms with Gasteiger partial charge in [0.1, 0.15) is 24.5 Å². The summed E-state index contributed by atoms with van der Waals surface area (Å²) in [5, 5.41) is 2.65. The first-order chi connectivity index (χ1) is 19.0. The molecule has 1 heterocycles. The van der Waals surface area contributed by atoms with E-state index in [1.807, 2.05) is 6.07 Å². The molecule has 0 spiro atoms. The lowest BCUT2D eigenvalue weighted by Gasteiger charge is -2.44. The van der Waals surface area contributed by atoms with E-state index in [2.05, 4.69) is 5.32 Å². The molecule has 1 aliphatic rings. The number of hydrogen-bond donors (Lipinski definition) is 1. The number of carbonyl (C=O) groups is 5. The number of ether oxygens (including phenoxy) is 5. The lowest BCUT2D eigenvalue weighted by atomic mass is 9.96. The van der Waals surface area contributed by atoms with Gasteiger partial charge >= 0.3 is 17.9 Å². The van der Waals surface area contributed by atoms with Gasteiger partial charge in [-0.1, -0.05) is 48.5 Å². The highest BCUT2D eigenvalue weighted by Crippen LogP contribution is 2.30. The van der Waals surface area contributed by atoms with Crippen molar-refractivity contribution in [3.63, 3.8) is 0 Å². The van der Waals surface area contributed by atoms with E-state index in [1.165, 1.54) is 19.9 Å². The first kappa shape index (κ1) is 30.0. The van der Waals surface area contributed by atoms with Crippen molar-refractivity contribution in [1.82, 2.24) is 5.32 Å². The summed E-state index contributed by atoms with van der Waals surface area (Å²) in [5.41, 5.74) is 1.02. The van der Waals surface area contributed by atoms with E-state index in [9.17, 15) is 24.0 Å². The number of carbonyl (C=O) groups excluding carboxylic acids is 5. The highest BCUT2D eigenvalue weighted by molar-refractivity contribution is 6.06. The van der Waals surface area contributed by atoms with Gasteiger partial charge in [-0.15, -0.1) is 0 Å². The summed E-state index contributed by atoms with van der Waals surface area (Å²) in [6.07, 6.45) is -1.94. The highest BCUT2D eigenvalue weighted by atomic mass is 16.7. The van der Waals surface area contributed by atoms with Crippen LogP contribution in [0.25, 0.3) is 6.08 Å². The van der Waals surface area contributed by atoms with Crippen LogP contribution in [-0.2, 0) is 38.1 Å². The second kappa shape index (κ2) is 14.0. The number of para-hydroxylation sites is 1. The maximum absolute atomic E-state index is 12.6. The van der Waals surface area contributed by atoms with Crippen LogP contribution in [0.5, 0.6) is 5.75 Å². The molecular formula is C29H31NO10. The Kier molecular flexibility index (Phi) is 10.5. The molecule has 1 amide bonds. The Hall–Kier alpha value is -4.51. The van der Waals surface area contributed by atoms with Gasteiger partial charge in [-0.25, -0.2) is 0 Å². The highest BCUT2D eigenvalue weighted by Gasteiger charge is 2.52. The zero-order valence-corrected chi connectivity index (χ0v) is 22.5. The number of benzene rings is 2. The van der Waals surface area contributed by atoms with Gasteiger partial charge in [-0.2, -0.15) is 0 Å². The van der Waals surface area contributed by atoms with Crippen molar-refractivity contribution >= 4 is 35.7 Å². The van der Waals surface area contributed by atoms with Crippen molar-refractivity contribution in [3.8, 4) is 5.75 Å². The number of nitrogens with one attached hydrogen (secondary N) is 1. The van der Waals surface area contributed by atoms with Gasteiger partial charge in [-0.05, 0) is 18.2 Å². The molecule has 1 aliphatic heterocycles. The van der Waals surface area contributed by atoms with Crippen molar-refractivity contribution in [2.75, 3.05) is 6.61 Å². The van der Waals surface area contributed by atoms with Crippen LogP contribution in [0.2, 0.25) is 0 Å². The summed E-state index contributed by atoms with van der Waals surface area (Å²) < 4.78 is 28.2. The van der Waals surface area contributed by atoms with Crippen molar-refractivity contribution in [2.24, 2.45) is 0 Å². The van der Waals surface area contributed by atoms with Crippen LogP contribution in [-0.4, -0.2) is 66.8 Å². The van der Waals surface area contributed by atoms with E-state index < -0.39 is 54.5 Å². The number of esters is 3. The Morgan fingerprint density at radius 2 is 1.45 bits per heavy atom. The molecule has 40 heavy (non-hydrogen) atoms. The Balaban J connectivity index is 1.97. The maximum Gasteiger partial charge on any atom is 0.303 e. The Morgan fingerprint density at radius 1 is 0.825 bits per heavy atom. The monoisotopic (exact) mass is 553 g/mol. The van der Waals surface area contributed by atoms with Crippen molar-refractivity contribution in [2.45, 2.75) is 58.3 Å². The summed E-state index contributed by atoms with van der Waals surface area (Å²) in [6, 6.07) is 14.4. The quantitative estimate of drug-likeness (QED) is 0.202. The molecule has 2 aromatic rings. The Labute approximate surface area is 231 Å². The molecule has 2 aromatic carbocycles. The van der Waals surface area contributed by atoms with E-state index in [0.717, 1.165) is 13.8 Å². The Bertz CT molecular complexity index is 1260. The van der Waals surface area contributed by atoms with Crippen LogP contribution in [0.15, 0.2) is 60.7 Å². The summed E-state index contributed by atoms with van der Waals surface area (Å²) in [5.74, 6) is -2.49. The number of rotatable bonds is 10. The fraction of sp³-hybridized carbons (Fsp3) is 0.345. The van der Waals surface area contributed by atoms with E-state index in [4.69, 9.17) is 23.7 Å². The molecule has 0 unspecified atom stereocenters. The lowest BCUT2D eigenvalue weighted by Crippen LogP contribution is -2.67. The van der Waals surface area contributed by atoms with E-state index >= 15 is 0 Å². The third kappa shape index (κ3) is 8.50. The van der Waals surface area contributed by atoms with Crippen molar-refractivity contribution < 1.29 is 47.7 Å². The Morgan fingerprint density at radius 3 is 2.08 bits per heavy atom. The smallest absolute Gasteiger partial charge is 0.303 e. The average molecular weight is 554 g/mol. The summed E-state index contributed by atoms with van der Waals surface area (Å²) in [7, 11) is 0. The number of ketones is 1. The molecular weight excluding hydrogens is 522 g/mol. The van der Waals surface area contributed by atoms with Gasteiger partial charge in [0, 0.05) is 38.8 Å². The number of hydrogen-bond acceptors (Lipinski definition) is 10. The normalized spacial score (nSPS) is 22.1. The molecule has 1 saturated heterocycles. The van der Waals surface area contributed by atoms with Crippen LogP contribution in [0.4, 0.5) is 0 Å². The predicted octanol–water partition coefficient (Wildman–Crippen LogP) is 2.62. The fourth-order valence-electron chi connectivity index (χ4n) is 4.11. The molecule has 0 bridgehead atoms. The van der Waals surface area contributed by atoms with Crippen molar-refractivity contribution in [3.05, 3.63) is 71.8 Å². The second-order valence-electron chi connectivity index (χ2n) is 8.94. The zero-order chi connectivity index (χ0) is 29.2. The van der Waals surface area contributed by atoms with Gasteiger partial charge in [-0.3, -0.25) is 24.0 Å². The number of allylic oxidation sites excluding steroid dienone is 1. The molecule has 0 saturated carbocycles. The summed E-state index contributed by atoms with van der Waals surface area (Å²) in [6.45, 7) is 4.40. The van der Waals surface area contributed by atoms with Gasteiger partial charge in [0.2, 0.25) is 12.2 Å². The molecule has 0 radical (unpaired) electrons. The van der Waals surface area contributed by atoms with Crippen LogP contribution in [0, 0.1) is 0 Å². The SMILES string of the molecule is CC(=O)N[C@H]1[C@H](Oc2ccccc2/C=C/C(=O)c2ccccc2)O[C@H](COC(C)=O)[C@@H](OC(C)=O)[C@@H]1OC(C)=O. The van der Waals surface area contributed by atoms with Gasteiger partial charge in [0.15, 0.2) is 18.0 Å². The zero-order valence-electron chi connectivity index (χ0n) is 22.5. The minimum absolute atomic E-state index is 0.221. The van der Waals surface area contributed by atoms with Gasteiger partial charge in [0.05, 0.1) is 0 Å². The molecule has 0 aromatic heterocycles. The van der Waals surface area contributed by atoms with Gasteiger partial charge in [0.25, 0.3) is 0 Å². The van der Waals surface area contributed by atoms with Crippen LogP contribution in [0.1, 0.15) is 43.6 Å². The summed E-state index contributed by atoms with van der Waals surface area (Å²) >= 11 is 0. The first-order valence-electron chi connectivity index (χ1n) is 12.5. The van der Waals surface area contributed by atoms with Crippen LogP contribution < -0.4 is 10.1 Å². The topological polar surface area (TPSA) is 144 Å². The van der Waals surface area contributed by atoms with Crippen LogP contribution >= 0.6 is 0 Å². The van der Waals surface area contributed by atoms with E-state index in [0.29, 0.717) is 11.1 Å². The predicted molar refractivity (Wildman–Crippen MR) is 141 cm³/mol. The third-order valence-electron chi connectivity index (χ3n) is 5.71. The second-order valence-corrected chi connectivity index (χ2v) is 8.94. The molecule has 11 nitrogen and oxygen atoms in total. The molecule has 1 N–H and O–H groups in total. The summed E-state index contributed by atoms with van der Waals surface area (Å²) in [4.78, 5) is 60.3. The maximum atomic E-state index is 12.6. The molecule has 0 aliphatic carbocycles. The molecule has 5 atom stereocenters. The van der Waals surface area contributed by atoms with E-state index in [-0.39, 0.29) is 18.1 Å². The van der Waals surface area contributed by atoms with E-state index in [1.54, 1.807) is 54.6 Å². The van der Waals surface area contributed by atoms with Crippen LogP contribution in [0.3, 0.4) is 0 Å². The minimum atomic E-state index is -1.29. The molecule has 212 valence electrons. The third-order valence-corrected chi connectivity index (χ3v) is 5.71.